The van der Waals surface area contributed by atoms with Gasteiger partial charge in [0.1, 0.15) is 6.04 Å². The summed E-state index contributed by atoms with van der Waals surface area (Å²) in [7, 11) is 0. The Morgan fingerprint density at radius 1 is 1.00 bits per heavy atom. The van der Waals surface area contributed by atoms with Crippen LogP contribution in [0.1, 0.15) is 85.5 Å². The Bertz CT molecular complexity index is 570. The Hall–Kier alpha value is -1.92. The van der Waals surface area contributed by atoms with Crippen LogP contribution in [-0.4, -0.2) is 52.2 Å². The monoisotopic (exact) mass is 410 g/mol. The quantitative estimate of drug-likeness (QED) is 0.598. The van der Waals surface area contributed by atoms with Crippen LogP contribution in [0.2, 0.25) is 0 Å². The predicted molar refractivity (Wildman–Crippen MR) is 111 cm³/mol. The van der Waals surface area contributed by atoms with E-state index in [4.69, 9.17) is 5.11 Å². The first-order valence-electron chi connectivity index (χ1n) is 11.2. The minimum absolute atomic E-state index is 0.00419. The number of hydrogen-bond donors (Lipinski definition) is 2. The molecule has 7 heteroatoms. The Kier molecular flexibility index (Phi) is 10.9. The number of hydrogen-bond acceptors (Lipinski definition) is 4. The van der Waals surface area contributed by atoms with Gasteiger partial charge < -0.3 is 15.3 Å². The number of carboxylic acids is 1. The zero-order valence-corrected chi connectivity index (χ0v) is 18.4. The molecule has 1 saturated heterocycles. The van der Waals surface area contributed by atoms with E-state index in [1.807, 2.05) is 27.7 Å². The summed E-state index contributed by atoms with van der Waals surface area (Å²) < 4.78 is 0. The molecule has 1 aliphatic heterocycles. The van der Waals surface area contributed by atoms with E-state index in [0.29, 0.717) is 25.3 Å². The molecule has 0 aromatic carbocycles. The molecule has 0 bridgehead atoms. The van der Waals surface area contributed by atoms with Gasteiger partial charge in [-0.2, -0.15) is 0 Å². The summed E-state index contributed by atoms with van der Waals surface area (Å²) in [6.45, 7) is 8.28. The third-order valence-electron chi connectivity index (χ3n) is 5.61. The molecule has 2 atom stereocenters. The van der Waals surface area contributed by atoms with Crippen molar-refractivity contribution in [2.24, 2.45) is 11.8 Å². The summed E-state index contributed by atoms with van der Waals surface area (Å²) in [5, 5.41) is 11.6. The minimum atomic E-state index is -1.54. The molecule has 1 saturated carbocycles. The Balaban J connectivity index is 0.00000204. The molecule has 7 nitrogen and oxygen atoms in total. The molecule has 1 heterocycles. The van der Waals surface area contributed by atoms with E-state index in [1.54, 1.807) is 4.90 Å². The van der Waals surface area contributed by atoms with Gasteiger partial charge in [0.15, 0.2) is 0 Å². The number of rotatable bonds is 8. The van der Waals surface area contributed by atoms with Crippen LogP contribution in [0.25, 0.3) is 0 Å². The van der Waals surface area contributed by atoms with Crippen LogP contribution in [0.15, 0.2) is 0 Å². The fraction of sp³-hybridized carbons (Fsp3) is 0.818. The summed E-state index contributed by atoms with van der Waals surface area (Å²) in [4.78, 5) is 50.0. The highest BCUT2D eigenvalue weighted by atomic mass is 16.4. The first-order chi connectivity index (χ1) is 13.8. The summed E-state index contributed by atoms with van der Waals surface area (Å²) in [5.74, 6) is -2.49. The van der Waals surface area contributed by atoms with E-state index >= 15 is 0 Å². The number of carbonyl (C=O) groups is 4. The van der Waals surface area contributed by atoms with Crippen molar-refractivity contribution in [2.75, 3.05) is 6.54 Å². The van der Waals surface area contributed by atoms with Crippen molar-refractivity contribution < 1.29 is 24.3 Å². The fourth-order valence-electron chi connectivity index (χ4n) is 4.21. The highest BCUT2D eigenvalue weighted by molar-refractivity contribution is 6.35. The van der Waals surface area contributed by atoms with Crippen molar-refractivity contribution in [3.05, 3.63) is 0 Å². The van der Waals surface area contributed by atoms with Crippen LogP contribution in [0.5, 0.6) is 0 Å². The maximum atomic E-state index is 12.7. The summed E-state index contributed by atoms with van der Waals surface area (Å²) in [6, 6.07) is -1.65. The summed E-state index contributed by atoms with van der Waals surface area (Å²) in [5.41, 5.74) is 0. The lowest BCUT2D eigenvalue weighted by molar-refractivity contribution is -0.151. The molecule has 2 N–H and O–H groups in total. The molecule has 2 rings (SSSR count). The average Bonchev–Trinajstić information content (AvgIpc) is 3.19. The van der Waals surface area contributed by atoms with Crippen molar-refractivity contribution in [3.8, 4) is 0 Å². The number of carboxylic acid groups (broad SMARTS) is 1. The number of carbonyl (C=O) groups excluding carboxylic acids is 3. The number of ketones is 1. The van der Waals surface area contributed by atoms with Crippen molar-refractivity contribution in [2.45, 2.75) is 97.6 Å². The number of amides is 2. The first kappa shape index (κ1) is 25.1. The van der Waals surface area contributed by atoms with Crippen LogP contribution in [-0.2, 0) is 19.2 Å². The van der Waals surface area contributed by atoms with E-state index in [1.165, 1.54) is 6.42 Å². The van der Waals surface area contributed by atoms with Gasteiger partial charge in [-0.1, -0.05) is 47.0 Å². The topological polar surface area (TPSA) is 104 Å². The summed E-state index contributed by atoms with van der Waals surface area (Å²) >= 11 is 0. The van der Waals surface area contributed by atoms with Gasteiger partial charge in [-0.3, -0.25) is 14.4 Å². The Morgan fingerprint density at radius 3 is 2.17 bits per heavy atom. The highest BCUT2D eigenvalue weighted by Crippen LogP contribution is 2.28. The molecule has 0 aromatic heterocycles. The van der Waals surface area contributed by atoms with Crippen molar-refractivity contribution in [1.82, 2.24) is 10.2 Å². The maximum absolute atomic E-state index is 12.7. The molecule has 2 aliphatic rings. The van der Waals surface area contributed by atoms with Gasteiger partial charge in [-0.25, -0.2) is 4.79 Å². The second-order valence-corrected chi connectivity index (χ2v) is 8.31. The van der Waals surface area contributed by atoms with E-state index in [0.717, 1.165) is 32.1 Å². The van der Waals surface area contributed by atoms with Crippen LogP contribution in [0, 0.1) is 11.8 Å². The standard InChI is InChI=1S/C20H32N2O5.C2H6/c1-13(2)11-15(18(24)20(26)27)21-19(25)16-9-6-10-22(16)17(23)12-14-7-4-3-5-8-14;1-2/h13-16H,3-12H2,1-2H3,(H,21,25)(H,26,27);1-2H3. The number of aliphatic carboxylic acids is 1. The normalized spacial score (nSPS) is 20.6. The average molecular weight is 411 g/mol. The molecular formula is C22H38N2O5. The van der Waals surface area contributed by atoms with Gasteiger partial charge in [0.05, 0.1) is 6.04 Å². The molecule has 2 amide bonds. The smallest absolute Gasteiger partial charge is 0.374 e. The van der Waals surface area contributed by atoms with Gasteiger partial charge in [0.25, 0.3) is 5.78 Å². The third-order valence-corrected chi connectivity index (χ3v) is 5.61. The third kappa shape index (κ3) is 7.78. The molecule has 1 aliphatic carbocycles. The second kappa shape index (κ2) is 12.6. The second-order valence-electron chi connectivity index (χ2n) is 8.31. The predicted octanol–water partition coefficient (Wildman–Crippen LogP) is 3.16. The maximum Gasteiger partial charge on any atom is 0.374 e. The first-order valence-corrected chi connectivity index (χ1v) is 11.2. The molecule has 0 spiro atoms. The number of Topliss-reactive ketones (excluding diaryl/α,β-unsaturated/α-hetero) is 1. The van der Waals surface area contributed by atoms with Crippen LogP contribution in [0.3, 0.4) is 0 Å². The van der Waals surface area contributed by atoms with Gasteiger partial charge in [-0.15, -0.1) is 0 Å². The van der Waals surface area contributed by atoms with Gasteiger partial charge in [0, 0.05) is 13.0 Å². The largest absolute Gasteiger partial charge is 0.475 e. The van der Waals surface area contributed by atoms with Crippen molar-refractivity contribution in [1.29, 1.82) is 0 Å². The van der Waals surface area contributed by atoms with Crippen molar-refractivity contribution >= 4 is 23.6 Å². The Labute approximate surface area is 174 Å². The minimum Gasteiger partial charge on any atom is -0.475 e. The molecule has 29 heavy (non-hydrogen) atoms. The van der Waals surface area contributed by atoms with Crippen LogP contribution in [0.4, 0.5) is 0 Å². The zero-order chi connectivity index (χ0) is 22.0. The van der Waals surface area contributed by atoms with Gasteiger partial charge in [-0.05, 0) is 43.9 Å². The lowest BCUT2D eigenvalue weighted by atomic mass is 9.86. The van der Waals surface area contributed by atoms with Crippen LogP contribution < -0.4 is 5.32 Å². The van der Waals surface area contributed by atoms with E-state index in [9.17, 15) is 19.2 Å². The zero-order valence-electron chi connectivity index (χ0n) is 18.4. The van der Waals surface area contributed by atoms with Gasteiger partial charge >= 0.3 is 5.97 Å². The molecule has 0 aromatic rings. The molecule has 166 valence electrons. The molecule has 2 unspecified atom stereocenters. The highest BCUT2D eigenvalue weighted by Gasteiger charge is 2.37. The van der Waals surface area contributed by atoms with Gasteiger partial charge in [0.2, 0.25) is 11.8 Å². The lowest BCUT2D eigenvalue weighted by Crippen LogP contribution is -2.52. The van der Waals surface area contributed by atoms with E-state index in [-0.39, 0.29) is 18.2 Å². The Morgan fingerprint density at radius 2 is 1.62 bits per heavy atom. The molecule has 2 fully saturated rings. The van der Waals surface area contributed by atoms with Crippen molar-refractivity contribution in [3.63, 3.8) is 0 Å². The van der Waals surface area contributed by atoms with Crippen LogP contribution >= 0.6 is 0 Å². The summed E-state index contributed by atoms with van der Waals surface area (Å²) in [6.07, 6.45) is 7.74. The SMILES string of the molecule is CC.CC(C)CC(NC(=O)C1CCCN1C(=O)CC1CCCCC1)C(=O)C(=O)O. The van der Waals surface area contributed by atoms with E-state index < -0.39 is 29.7 Å². The number of nitrogens with zero attached hydrogens (tertiary/aromatic N) is 1. The lowest BCUT2D eigenvalue weighted by Gasteiger charge is -2.28. The fourth-order valence-corrected chi connectivity index (χ4v) is 4.21. The number of nitrogens with one attached hydrogen (secondary N) is 1. The van der Waals surface area contributed by atoms with E-state index in [2.05, 4.69) is 5.32 Å². The molecule has 0 radical (unpaired) electrons. The molecular weight excluding hydrogens is 372 g/mol. The number of likely N-dealkylation sites (tertiary alicyclic amines) is 1.